The fourth-order valence-corrected chi connectivity index (χ4v) is 8.98. The number of ether oxygens (including phenoxy) is 1. The third-order valence-electron chi connectivity index (χ3n) is 11.3. The predicted octanol–water partition coefficient (Wildman–Crippen LogP) is 6.51. The second-order valence-corrected chi connectivity index (χ2v) is 14.5. The van der Waals surface area contributed by atoms with E-state index in [1.165, 1.54) is 62.9 Å². The lowest BCUT2D eigenvalue weighted by Gasteiger charge is -2.47. The maximum absolute atomic E-state index is 13.2. The number of hydrogen-bond donors (Lipinski definition) is 2. The minimum absolute atomic E-state index is 0.0220. The van der Waals surface area contributed by atoms with Crippen LogP contribution in [-0.2, 0) is 9.53 Å². The van der Waals surface area contributed by atoms with Crippen LogP contribution in [0.15, 0.2) is 21.3 Å². The van der Waals surface area contributed by atoms with Gasteiger partial charge in [0.25, 0.3) is 0 Å². The molecule has 0 bridgehead atoms. The molecule has 0 aromatic carbocycles. The Bertz CT molecular complexity index is 1110. The van der Waals surface area contributed by atoms with Crippen molar-refractivity contribution in [3.8, 4) is 0 Å². The first-order chi connectivity index (χ1) is 21.4. The molecule has 246 valence electrons. The molecule has 0 radical (unpaired) electrons. The summed E-state index contributed by atoms with van der Waals surface area (Å²) in [7, 11) is 0. The van der Waals surface area contributed by atoms with E-state index >= 15 is 0 Å². The highest BCUT2D eigenvalue weighted by Crippen LogP contribution is 2.41. The van der Waals surface area contributed by atoms with E-state index in [1.807, 2.05) is 6.92 Å². The van der Waals surface area contributed by atoms with Crippen molar-refractivity contribution in [3.05, 3.63) is 11.3 Å². The Morgan fingerprint density at radius 2 is 1.59 bits per heavy atom. The SMILES string of the molecule is CCCCCCCC1CC2CCC3=C(C(=O)OCCCCCCCC4CC5CCC6CC(C)N(O)C(=N4)N56)C(C)=NC(N1)N32. The van der Waals surface area contributed by atoms with Crippen LogP contribution in [0.1, 0.15) is 143 Å². The Morgan fingerprint density at radius 1 is 0.886 bits per heavy atom. The van der Waals surface area contributed by atoms with Crippen molar-refractivity contribution in [2.45, 2.75) is 185 Å². The van der Waals surface area contributed by atoms with Gasteiger partial charge in [0.1, 0.15) is 0 Å². The van der Waals surface area contributed by atoms with Crippen molar-refractivity contribution in [2.75, 3.05) is 6.61 Å². The van der Waals surface area contributed by atoms with Crippen molar-refractivity contribution in [2.24, 2.45) is 9.98 Å². The smallest absolute Gasteiger partial charge is 0.341 e. The monoisotopic (exact) mass is 610 g/mol. The highest BCUT2D eigenvalue weighted by atomic mass is 16.5. The number of guanidine groups is 1. The average molecular weight is 611 g/mol. The fourth-order valence-electron chi connectivity index (χ4n) is 8.98. The van der Waals surface area contributed by atoms with E-state index in [9.17, 15) is 10.0 Å². The van der Waals surface area contributed by atoms with Gasteiger partial charge in [-0.15, -0.1) is 0 Å². The van der Waals surface area contributed by atoms with Gasteiger partial charge in [0.05, 0.1) is 30.0 Å². The Hall–Kier alpha value is -2.13. The van der Waals surface area contributed by atoms with Gasteiger partial charge in [0.15, 0.2) is 6.29 Å². The zero-order valence-electron chi connectivity index (χ0n) is 27.7. The highest BCUT2D eigenvalue weighted by Gasteiger charge is 2.47. The molecule has 4 fully saturated rings. The first-order valence-electron chi connectivity index (χ1n) is 18.3. The van der Waals surface area contributed by atoms with Crippen molar-refractivity contribution in [1.29, 1.82) is 0 Å². The Labute approximate surface area is 265 Å². The van der Waals surface area contributed by atoms with E-state index < -0.39 is 0 Å². The normalized spacial score (nSPS) is 32.5. The summed E-state index contributed by atoms with van der Waals surface area (Å²) in [6.45, 7) is 6.84. The van der Waals surface area contributed by atoms with Crippen LogP contribution >= 0.6 is 0 Å². The van der Waals surface area contributed by atoms with Crippen LogP contribution in [0.4, 0.5) is 0 Å². The number of carbonyl (C=O) groups is 1. The lowest BCUT2D eigenvalue weighted by Crippen LogP contribution is -2.59. The molecule has 0 aliphatic carbocycles. The van der Waals surface area contributed by atoms with Crippen molar-refractivity contribution >= 4 is 17.6 Å². The Morgan fingerprint density at radius 3 is 2.41 bits per heavy atom. The number of unbranched alkanes of at least 4 members (excludes halogenated alkanes) is 8. The molecule has 6 aliphatic rings. The van der Waals surface area contributed by atoms with Gasteiger partial charge in [0.2, 0.25) is 5.96 Å². The molecular weight excluding hydrogens is 552 g/mol. The number of nitrogens with one attached hydrogen (secondary N) is 1. The zero-order chi connectivity index (χ0) is 30.6. The fraction of sp³-hybridized carbons (Fsp3) is 0.857. The van der Waals surface area contributed by atoms with Gasteiger partial charge in [-0.3, -0.25) is 10.5 Å². The summed E-state index contributed by atoms with van der Waals surface area (Å²) in [5.41, 5.74) is 2.71. The van der Waals surface area contributed by atoms with E-state index in [4.69, 9.17) is 14.7 Å². The predicted molar refractivity (Wildman–Crippen MR) is 175 cm³/mol. The first-order valence-corrected chi connectivity index (χ1v) is 18.3. The number of hydrogen-bond acceptors (Lipinski definition) is 9. The van der Waals surface area contributed by atoms with Gasteiger partial charge >= 0.3 is 5.97 Å². The lowest BCUT2D eigenvalue weighted by atomic mass is 9.96. The summed E-state index contributed by atoms with van der Waals surface area (Å²) < 4.78 is 5.81. The molecule has 4 saturated heterocycles. The second kappa shape index (κ2) is 14.5. The number of hydroxylamine groups is 2. The van der Waals surface area contributed by atoms with E-state index in [1.54, 1.807) is 0 Å². The molecule has 0 aromatic heterocycles. The van der Waals surface area contributed by atoms with Gasteiger partial charge < -0.3 is 14.5 Å². The van der Waals surface area contributed by atoms with E-state index in [0.717, 1.165) is 87.1 Å². The molecular formula is C35H58N6O3. The molecule has 0 spiro atoms. The standard InChI is InChI=1S/C35H58N6O3/c1-4-5-6-8-11-14-26-22-30-18-19-31-32(25(3)36-34(37-26)40(30)31)33(42)44-20-13-10-7-9-12-15-27-23-29-17-16-28-21-24(2)41(43)35(38-27)39(28)29/h24,26-30,34,37,43H,4-23H2,1-3H3. The molecule has 6 heterocycles. The van der Waals surface area contributed by atoms with Crippen LogP contribution in [0.3, 0.4) is 0 Å². The molecule has 2 N–H and O–H groups in total. The molecule has 0 amide bonds. The average Bonchev–Trinajstić information content (AvgIpc) is 3.62. The first kappa shape index (κ1) is 31.8. The topological polar surface area (TPSA) is 93.0 Å². The van der Waals surface area contributed by atoms with Gasteiger partial charge in [0, 0.05) is 29.9 Å². The Kier molecular flexibility index (Phi) is 10.5. The third-order valence-corrected chi connectivity index (χ3v) is 11.3. The largest absolute Gasteiger partial charge is 0.462 e. The molecule has 6 aliphatic heterocycles. The summed E-state index contributed by atoms with van der Waals surface area (Å²) in [6.07, 6.45) is 22.2. The number of allylic oxidation sites excluding steroid dienone is 1. The van der Waals surface area contributed by atoms with Gasteiger partial charge in [-0.05, 0) is 78.1 Å². The maximum atomic E-state index is 13.2. The maximum Gasteiger partial charge on any atom is 0.341 e. The molecule has 9 heteroatoms. The quantitative estimate of drug-likeness (QED) is 0.161. The summed E-state index contributed by atoms with van der Waals surface area (Å²) in [5, 5.41) is 15.8. The molecule has 0 saturated carbocycles. The number of aliphatic imine (C=N–C) groups is 2. The lowest BCUT2D eigenvalue weighted by molar-refractivity contribution is -0.138. The molecule has 9 nitrogen and oxygen atoms in total. The van der Waals surface area contributed by atoms with Crippen molar-refractivity contribution < 1.29 is 14.7 Å². The minimum Gasteiger partial charge on any atom is -0.462 e. The highest BCUT2D eigenvalue weighted by molar-refractivity contribution is 6.19. The number of carbonyl (C=O) groups excluding carboxylic acids is 1. The van der Waals surface area contributed by atoms with E-state index in [-0.39, 0.29) is 18.3 Å². The van der Waals surface area contributed by atoms with Crippen LogP contribution in [0.5, 0.6) is 0 Å². The van der Waals surface area contributed by atoms with E-state index in [2.05, 4.69) is 29.0 Å². The minimum atomic E-state index is -0.187. The zero-order valence-corrected chi connectivity index (χ0v) is 27.7. The van der Waals surface area contributed by atoms with Crippen molar-refractivity contribution in [3.63, 3.8) is 0 Å². The molecule has 7 unspecified atom stereocenters. The van der Waals surface area contributed by atoms with Crippen LogP contribution in [0, 0.1) is 0 Å². The summed E-state index contributed by atoms with van der Waals surface area (Å²) in [5.74, 6) is 0.647. The Balaban J connectivity index is 0.889. The molecule has 6 rings (SSSR count). The van der Waals surface area contributed by atoms with E-state index in [0.29, 0.717) is 36.8 Å². The molecule has 44 heavy (non-hydrogen) atoms. The summed E-state index contributed by atoms with van der Waals surface area (Å²) in [6, 6.07) is 2.61. The second-order valence-electron chi connectivity index (χ2n) is 14.5. The van der Waals surface area contributed by atoms with Gasteiger partial charge in [-0.25, -0.2) is 19.8 Å². The van der Waals surface area contributed by atoms with Crippen LogP contribution in [0.25, 0.3) is 0 Å². The summed E-state index contributed by atoms with van der Waals surface area (Å²) >= 11 is 0. The number of esters is 1. The van der Waals surface area contributed by atoms with Crippen LogP contribution < -0.4 is 5.32 Å². The molecule has 7 atom stereocenters. The van der Waals surface area contributed by atoms with Crippen LogP contribution in [-0.4, -0.2) is 86.9 Å². The van der Waals surface area contributed by atoms with Crippen molar-refractivity contribution in [1.82, 2.24) is 20.2 Å². The third kappa shape index (κ3) is 6.84. The number of nitrogens with zero attached hydrogens (tertiary/aromatic N) is 5. The number of rotatable bonds is 15. The summed E-state index contributed by atoms with van der Waals surface area (Å²) in [4.78, 5) is 28.0. The van der Waals surface area contributed by atoms with Gasteiger partial charge in [-0.2, -0.15) is 0 Å². The molecule has 0 aromatic rings. The van der Waals surface area contributed by atoms with Crippen LogP contribution in [0.2, 0.25) is 0 Å². The van der Waals surface area contributed by atoms with Gasteiger partial charge in [-0.1, -0.05) is 64.7 Å².